The largest absolute Gasteiger partial charge is 0.453 e. The van der Waals surface area contributed by atoms with Crippen LogP contribution in [0.5, 0.6) is 0 Å². The Kier molecular flexibility index (Phi) is 4.31. The quantitative estimate of drug-likeness (QED) is 0.524. The topological polar surface area (TPSA) is 95.3 Å². The second kappa shape index (κ2) is 6.93. The molecule has 5 rings (SSSR count). The Balaban J connectivity index is 1.39. The first-order valence-electron chi connectivity index (χ1n) is 9.60. The van der Waals surface area contributed by atoms with Gasteiger partial charge in [-0.2, -0.15) is 27.8 Å². The van der Waals surface area contributed by atoms with Crippen molar-refractivity contribution in [1.29, 1.82) is 0 Å². The first-order chi connectivity index (χ1) is 14.8. The molecule has 1 fully saturated rings. The number of aryl methyl sites for hydroxylation is 1. The van der Waals surface area contributed by atoms with Gasteiger partial charge in [0.05, 0.1) is 5.52 Å². The maximum atomic E-state index is 13.1. The zero-order chi connectivity index (χ0) is 21.8. The number of carbonyl (C=O) groups is 1. The summed E-state index contributed by atoms with van der Waals surface area (Å²) < 4.78 is 40.3. The van der Waals surface area contributed by atoms with E-state index in [1.165, 1.54) is 0 Å². The molecule has 0 unspecified atom stereocenters. The van der Waals surface area contributed by atoms with Gasteiger partial charge in [-0.3, -0.25) is 9.89 Å². The third-order valence-electron chi connectivity index (χ3n) is 5.24. The molecule has 1 amide bonds. The minimum absolute atomic E-state index is 0.108. The maximum Gasteiger partial charge on any atom is 0.453 e. The number of piperazine rings is 1. The summed E-state index contributed by atoms with van der Waals surface area (Å²) in [7, 11) is 0. The van der Waals surface area contributed by atoms with Crippen LogP contribution >= 0.6 is 0 Å². The fourth-order valence-electron chi connectivity index (χ4n) is 3.73. The van der Waals surface area contributed by atoms with Crippen LogP contribution in [0.2, 0.25) is 0 Å². The number of aromatic amines is 1. The number of hydrogen-bond acceptors (Lipinski definition) is 6. The summed E-state index contributed by atoms with van der Waals surface area (Å²) >= 11 is 0. The lowest BCUT2D eigenvalue weighted by atomic mass is 10.2. The van der Waals surface area contributed by atoms with Gasteiger partial charge in [-0.1, -0.05) is 18.2 Å². The minimum atomic E-state index is -4.66. The van der Waals surface area contributed by atoms with Gasteiger partial charge in [0.15, 0.2) is 5.69 Å². The number of carbonyl (C=O) groups excluding carboxylic acids is 1. The smallest absolute Gasteiger partial charge is 0.353 e. The maximum absolute atomic E-state index is 13.1. The van der Waals surface area contributed by atoms with Crippen molar-refractivity contribution in [2.45, 2.75) is 13.1 Å². The third kappa shape index (κ3) is 3.33. The van der Waals surface area contributed by atoms with Gasteiger partial charge in [-0.05, 0) is 13.0 Å². The van der Waals surface area contributed by atoms with Gasteiger partial charge >= 0.3 is 6.18 Å². The number of hydrogen-bond donors (Lipinski definition) is 1. The SMILES string of the molecule is Cc1cc(N2CCN(C(=O)c3n[nH]c4ccccc34)CC2)n2nc(C(F)(F)F)nc2n1. The summed E-state index contributed by atoms with van der Waals surface area (Å²) in [6.45, 7) is 3.32. The van der Waals surface area contributed by atoms with Crippen LogP contribution < -0.4 is 4.90 Å². The molecule has 0 bridgehead atoms. The van der Waals surface area contributed by atoms with Gasteiger partial charge in [-0.15, -0.1) is 5.10 Å². The number of nitrogens with one attached hydrogen (secondary N) is 1. The number of anilines is 1. The van der Waals surface area contributed by atoms with Crippen molar-refractivity contribution in [2.24, 2.45) is 0 Å². The Morgan fingerprint density at radius 2 is 1.84 bits per heavy atom. The molecule has 9 nitrogen and oxygen atoms in total. The Hall–Kier alpha value is -3.70. The molecule has 31 heavy (non-hydrogen) atoms. The third-order valence-corrected chi connectivity index (χ3v) is 5.24. The molecule has 1 N–H and O–H groups in total. The molecule has 0 aliphatic carbocycles. The highest BCUT2D eigenvalue weighted by atomic mass is 19.4. The van der Waals surface area contributed by atoms with Gasteiger partial charge in [0, 0.05) is 43.3 Å². The molecule has 1 aromatic carbocycles. The lowest BCUT2D eigenvalue weighted by Crippen LogP contribution is -2.49. The molecular formula is C19H17F3N8O. The monoisotopic (exact) mass is 430 g/mol. The standard InChI is InChI=1S/C19H17F3N8O/c1-11-10-14(30-18(23-11)24-17(27-30)19(20,21)22)28-6-8-29(9-7-28)16(31)15-12-4-2-3-5-13(12)25-26-15/h2-5,10H,6-9H2,1H3,(H,25,26). The van der Waals surface area contributed by atoms with Crippen molar-refractivity contribution in [3.8, 4) is 0 Å². The van der Waals surface area contributed by atoms with Crippen molar-refractivity contribution in [3.63, 3.8) is 0 Å². The van der Waals surface area contributed by atoms with Crippen LogP contribution in [0.4, 0.5) is 19.0 Å². The van der Waals surface area contributed by atoms with Crippen LogP contribution in [0.3, 0.4) is 0 Å². The highest BCUT2D eigenvalue weighted by molar-refractivity contribution is 6.04. The van der Waals surface area contributed by atoms with Crippen LogP contribution in [0.15, 0.2) is 30.3 Å². The van der Waals surface area contributed by atoms with Crippen molar-refractivity contribution in [3.05, 3.63) is 47.5 Å². The van der Waals surface area contributed by atoms with Gasteiger partial charge in [0.1, 0.15) is 5.82 Å². The van der Waals surface area contributed by atoms with E-state index in [4.69, 9.17) is 0 Å². The number of aromatic nitrogens is 6. The lowest BCUT2D eigenvalue weighted by Gasteiger charge is -2.35. The fraction of sp³-hybridized carbons (Fsp3) is 0.316. The summed E-state index contributed by atoms with van der Waals surface area (Å²) in [4.78, 5) is 24.1. The molecule has 0 atom stereocenters. The van der Waals surface area contributed by atoms with Crippen molar-refractivity contribution < 1.29 is 18.0 Å². The van der Waals surface area contributed by atoms with E-state index in [0.717, 1.165) is 15.4 Å². The van der Waals surface area contributed by atoms with E-state index in [1.807, 2.05) is 29.2 Å². The number of fused-ring (bicyclic) bond motifs is 2. The fourth-order valence-corrected chi connectivity index (χ4v) is 3.73. The number of halogens is 3. The Labute approximate surface area is 173 Å². The van der Waals surface area contributed by atoms with Crippen LogP contribution in [0.1, 0.15) is 22.0 Å². The Bertz CT molecular complexity index is 1290. The zero-order valence-corrected chi connectivity index (χ0v) is 16.4. The minimum Gasteiger partial charge on any atom is -0.353 e. The van der Waals surface area contributed by atoms with Crippen LogP contribution in [-0.2, 0) is 6.18 Å². The van der Waals surface area contributed by atoms with E-state index in [-0.39, 0.29) is 11.7 Å². The highest BCUT2D eigenvalue weighted by Crippen LogP contribution is 2.28. The molecule has 12 heteroatoms. The van der Waals surface area contributed by atoms with Crippen LogP contribution in [0, 0.1) is 6.92 Å². The van der Waals surface area contributed by atoms with E-state index in [1.54, 1.807) is 17.9 Å². The van der Waals surface area contributed by atoms with E-state index in [9.17, 15) is 18.0 Å². The molecule has 1 saturated heterocycles. The number of nitrogens with zero attached hydrogens (tertiary/aromatic N) is 7. The molecule has 0 radical (unpaired) electrons. The molecule has 4 heterocycles. The normalized spacial score (nSPS) is 15.2. The van der Waals surface area contributed by atoms with E-state index in [0.29, 0.717) is 43.4 Å². The number of H-pyrrole nitrogens is 1. The summed E-state index contributed by atoms with van der Waals surface area (Å²) in [5, 5.41) is 11.4. The molecule has 0 saturated carbocycles. The highest BCUT2D eigenvalue weighted by Gasteiger charge is 2.37. The lowest BCUT2D eigenvalue weighted by molar-refractivity contribution is -0.144. The average Bonchev–Trinajstić information content (AvgIpc) is 3.37. The van der Waals surface area contributed by atoms with Crippen LogP contribution in [0.25, 0.3) is 16.7 Å². The van der Waals surface area contributed by atoms with Gasteiger partial charge < -0.3 is 9.80 Å². The average molecular weight is 430 g/mol. The summed E-state index contributed by atoms with van der Waals surface area (Å²) in [6, 6.07) is 9.06. The zero-order valence-electron chi connectivity index (χ0n) is 16.4. The molecule has 160 valence electrons. The molecule has 1 aliphatic rings. The Morgan fingerprint density at radius 1 is 1.10 bits per heavy atom. The second-order valence-electron chi connectivity index (χ2n) is 7.30. The molecule has 1 aliphatic heterocycles. The molecular weight excluding hydrogens is 413 g/mol. The van der Waals surface area contributed by atoms with Gasteiger partial charge in [0.25, 0.3) is 17.5 Å². The first-order valence-corrected chi connectivity index (χ1v) is 9.60. The van der Waals surface area contributed by atoms with E-state index in [2.05, 4.69) is 25.3 Å². The predicted octanol–water partition coefficient (Wildman–Crippen LogP) is 2.29. The number of rotatable bonds is 2. The van der Waals surface area contributed by atoms with Crippen molar-refractivity contribution in [2.75, 3.05) is 31.1 Å². The molecule has 4 aromatic rings. The number of amides is 1. The second-order valence-corrected chi connectivity index (χ2v) is 7.30. The summed E-state index contributed by atoms with van der Waals surface area (Å²) in [6.07, 6.45) is -4.66. The number of benzene rings is 1. The van der Waals surface area contributed by atoms with Gasteiger partial charge in [0.2, 0.25) is 0 Å². The summed E-state index contributed by atoms with van der Waals surface area (Å²) in [5.74, 6) is -1.06. The number of para-hydroxylation sites is 1. The van der Waals surface area contributed by atoms with Crippen LogP contribution in [-0.4, -0.2) is 66.8 Å². The van der Waals surface area contributed by atoms with Crippen molar-refractivity contribution >= 4 is 28.4 Å². The predicted molar refractivity (Wildman–Crippen MR) is 105 cm³/mol. The van der Waals surface area contributed by atoms with Gasteiger partial charge in [-0.25, -0.2) is 4.98 Å². The van der Waals surface area contributed by atoms with E-state index < -0.39 is 12.0 Å². The van der Waals surface area contributed by atoms with Crippen molar-refractivity contribution in [1.82, 2.24) is 34.7 Å². The van der Waals surface area contributed by atoms with E-state index >= 15 is 0 Å². The first kappa shape index (κ1) is 19.3. The number of alkyl halides is 3. The molecule has 0 spiro atoms. The Morgan fingerprint density at radius 3 is 2.58 bits per heavy atom. The summed E-state index contributed by atoms with van der Waals surface area (Å²) in [5.41, 5.74) is 1.67. The molecule has 3 aromatic heterocycles.